The van der Waals surface area contributed by atoms with E-state index in [4.69, 9.17) is 4.74 Å². The average molecular weight is 405 g/mol. The molecule has 3 aromatic carbocycles. The van der Waals surface area contributed by atoms with Crippen molar-refractivity contribution in [2.45, 2.75) is 6.42 Å². The van der Waals surface area contributed by atoms with Gasteiger partial charge in [0.1, 0.15) is 5.75 Å². The first-order valence-corrected chi connectivity index (χ1v) is 9.04. The summed E-state index contributed by atoms with van der Waals surface area (Å²) in [7, 11) is 1.41. The van der Waals surface area contributed by atoms with Gasteiger partial charge in [-0.25, -0.2) is 0 Å². The lowest BCUT2D eigenvalue weighted by Gasteiger charge is -2.11. The van der Waals surface area contributed by atoms with Gasteiger partial charge < -0.3 is 15.4 Å². The number of anilines is 2. The molecule has 0 saturated heterocycles. The number of rotatable bonds is 7. The molecule has 0 fully saturated rings. The summed E-state index contributed by atoms with van der Waals surface area (Å²) in [5.41, 5.74) is 1.81. The van der Waals surface area contributed by atoms with Crippen molar-refractivity contribution in [3.05, 3.63) is 94.0 Å². The molecule has 0 aromatic heterocycles. The number of hydrogen-bond acceptors (Lipinski definition) is 5. The lowest BCUT2D eigenvalue weighted by Crippen LogP contribution is -2.15. The fourth-order valence-electron chi connectivity index (χ4n) is 2.79. The highest BCUT2D eigenvalue weighted by atomic mass is 16.6. The molecule has 3 rings (SSSR count). The molecule has 152 valence electrons. The molecule has 2 amide bonds. The third-order valence-corrected chi connectivity index (χ3v) is 4.28. The second-order valence-electron chi connectivity index (χ2n) is 6.38. The van der Waals surface area contributed by atoms with E-state index < -0.39 is 10.8 Å². The van der Waals surface area contributed by atoms with Crippen molar-refractivity contribution in [2.24, 2.45) is 0 Å². The minimum Gasteiger partial charge on any atom is -0.495 e. The zero-order chi connectivity index (χ0) is 21.5. The summed E-state index contributed by atoms with van der Waals surface area (Å²) in [5.74, 6) is -0.325. The fraction of sp³-hybridized carbons (Fsp3) is 0.0909. The van der Waals surface area contributed by atoms with Gasteiger partial charge in [0.2, 0.25) is 5.91 Å². The van der Waals surface area contributed by atoms with E-state index in [9.17, 15) is 19.7 Å². The van der Waals surface area contributed by atoms with Gasteiger partial charge in [-0.3, -0.25) is 19.7 Å². The molecule has 30 heavy (non-hydrogen) atoms. The van der Waals surface area contributed by atoms with Gasteiger partial charge in [-0.15, -0.1) is 0 Å². The normalized spacial score (nSPS) is 10.2. The summed E-state index contributed by atoms with van der Waals surface area (Å²) < 4.78 is 5.14. The third-order valence-electron chi connectivity index (χ3n) is 4.28. The van der Waals surface area contributed by atoms with Crippen LogP contribution in [0.4, 0.5) is 17.1 Å². The molecule has 2 N–H and O–H groups in total. The maximum Gasteiger partial charge on any atom is 0.271 e. The fourth-order valence-corrected chi connectivity index (χ4v) is 2.79. The Labute approximate surface area is 172 Å². The molecular weight excluding hydrogens is 386 g/mol. The highest BCUT2D eigenvalue weighted by molar-refractivity contribution is 6.05. The van der Waals surface area contributed by atoms with Gasteiger partial charge in [0.15, 0.2) is 0 Å². The molecule has 0 unspecified atom stereocenters. The van der Waals surface area contributed by atoms with Crippen LogP contribution in [-0.2, 0) is 11.2 Å². The Bertz CT molecular complexity index is 1070. The number of amides is 2. The topological polar surface area (TPSA) is 111 Å². The SMILES string of the molecule is COc1ccc([N+](=O)[O-])cc1NC(=O)c1ccc(NC(=O)Cc2ccccc2)cc1. The van der Waals surface area contributed by atoms with Crippen molar-refractivity contribution in [3.8, 4) is 5.75 Å². The number of carbonyl (C=O) groups is 2. The molecule has 0 heterocycles. The number of methoxy groups -OCH3 is 1. The number of hydrogen-bond donors (Lipinski definition) is 2. The van der Waals surface area contributed by atoms with Gasteiger partial charge in [0, 0.05) is 23.4 Å². The van der Waals surface area contributed by atoms with E-state index in [0.717, 1.165) is 5.56 Å². The predicted molar refractivity (Wildman–Crippen MR) is 113 cm³/mol. The molecule has 8 heteroatoms. The molecule has 0 saturated carbocycles. The number of non-ortho nitro benzene ring substituents is 1. The highest BCUT2D eigenvalue weighted by Gasteiger charge is 2.15. The van der Waals surface area contributed by atoms with Crippen LogP contribution in [0.15, 0.2) is 72.8 Å². The average Bonchev–Trinajstić information content (AvgIpc) is 2.74. The molecule has 0 bridgehead atoms. The van der Waals surface area contributed by atoms with Crippen LogP contribution in [0, 0.1) is 10.1 Å². The van der Waals surface area contributed by atoms with Gasteiger partial charge >= 0.3 is 0 Å². The second kappa shape index (κ2) is 9.33. The summed E-state index contributed by atoms with van der Waals surface area (Å²) in [6.07, 6.45) is 0.246. The van der Waals surface area contributed by atoms with Crippen molar-refractivity contribution in [1.82, 2.24) is 0 Å². The van der Waals surface area contributed by atoms with Gasteiger partial charge in [-0.1, -0.05) is 30.3 Å². The molecule has 8 nitrogen and oxygen atoms in total. The first-order valence-electron chi connectivity index (χ1n) is 9.04. The lowest BCUT2D eigenvalue weighted by atomic mass is 10.1. The van der Waals surface area contributed by atoms with Crippen LogP contribution < -0.4 is 15.4 Å². The highest BCUT2D eigenvalue weighted by Crippen LogP contribution is 2.29. The standard InChI is InChI=1S/C22H19N3O5/c1-30-20-12-11-18(25(28)29)14-19(20)24-22(27)16-7-9-17(10-8-16)23-21(26)13-15-5-3-2-4-6-15/h2-12,14H,13H2,1H3,(H,23,26)(H,24,27). The van der Waals surface area contributed by atoms with E-state index in [0.29, 0.717) is 17.0 Å². The summed E-state index contributed by atoms with van der Waals surface area (Å²) in [4.78, 5) is 35.1. The van der Waals surface area contributed by atoms with Crippen LogP contribution in [0.3, 0.4) is 0 Å². The maximum absolute atomic E-state index is 12.5. The number of carbonyl (C=O) groups excluding carboxylic acids is 2. The van der Waals surface area contributed by atoms with Gasteiger partial charge in [-0.05, 0) is 35.9 Å². The molecule has 0 aliphatic carbocycles. The van der Waals surface area contributed by atoms with E-state index in [1.54, 1.807) is 24.3 Å². The van der Waals surface area contributed by atoms with Crippen molar-refractivity contribution < 1.29 is 19.2 Å². The first-order chi connectivity index (χ1) is 14.5. The Kier molecular flexibility index (Phi) is 6.39. The number of benzene rings is 3. The van der Waals surface area contributed by atoms with Crippen LogP contribution in [0.25, 0.3) is 0 Å². The summed E-state index contributed by atoms with van der Waals surface area (Å²) in [6.45, 7) is 0. The van der Waals surface area contributed by atoms with E-state index in [1.165, 1.54) is 25.3 Å². The minimum atomic E-state index is -0.554. The van der Waals surface area contributed by atoms with Crippen molar-refractivity contribution in [1.29, 1.82) is 0 Å². The lowest BCUT2D eigenvalue weighted by molar-refractivity contribution is -0.384. The van der Waals surface area contributed by atoms with Gasteiger partial charge in [0.25, 0.3) is 11.6 Å². The monoisotopic (exact) mass is 405 g/mol. The molecule has 0 aliphatic heterocycles. The number of nitrogens with one attached hydrogen (secondary N) is 2. The molecule has 3 aromatic rings. The van der Waals surface area contributed by atoms with Crippen LogP contribution in [0.5, 0.6) is 5.75 Å². The predicted octanol–water partition coefficient (Wildman–Crippen LogP) is 4.04. The molecular formula is C22H19N3O5. The van der Waals surface area contributed by atoms with Crippen LogP contribution >= 0.6 is 0 Å². The van der Waals surface area contributed by atoms with Crippen LogP contribution in [-0.4, -0.2) is 23.8 Å². The van der Waals surface area contributed by atoms with Crippen molar-refractivity contribution in [3.63, 3.8) is 0 Å². The maximum atomic E-state index is 12.5. The Morgan fingerprint density at radius 2 is 1.67 bits per heavy atom. The van der Waals surface area contributed by atoms with E-state index in [2.05, 4.69) is 10.6 Å². The van der Waals surface area contributed by atoms with Crippen molar-refractivity contribution >= 4 is 28.9 Å². The third kappa shape index (κ3) is 5.20. The second-order valence-corrected chi connectivity index (χ2v) is 6.38. The van der Waals surface area contributed by atoms with Crippen LogP contribution in [0.2, 0.25) is 0 Å². The summed E-state index contributed by atoms with van der Waals surface area (Å²) in [5, 5.41) is 16.4. The summed E-state index contributed by atoms with van der Waals surface area (Å²) >= 11 is 0. The van der Waals surface area contributed by atoms with E-state index >= 15 is 0 Å². The van der Waals surface area contributed by atoms with E-state index in [1.807, 2.05) is 30.3 Å². The quantitative estimate of drug-likeness (QED) is 0.455. The molecule has 0 atom stereocenters. The summed E-state index contributed by atoms with van der Waals surface area (Å²) in [6, 6.07) is 19.6. The number of ether oxygens (including phenoxy) is 1. The number of nitrogens with zero attached hydrogens (tertiary/aromatic N) is 1. The van der Waals surface area contributed by atoms with Gasteiger partial charge in [-0.2, -0.15) is 0 Å². The van der Waals surface area contributed by atoms with Gasteiger partial charge in [0.05, 0.1) is 24.1 Å². The van der Waals surface area contributed by atoms with E-state index in [-0.39, 0.29) is 23.7 Å². The largest absolute Gasteiger partial charge is 0.495 e. The zero-order valence-electron chi connectivity index (χ0n) is 16.1. The smallest absolute Gasteiger partial charge is 0.271 e. The Hall–Kier alpha value is -4.20. The number of nitro groups is 1. The molecule has 0 radical (unpaired) electrons. The Balaban J connectivity index is 1.66. The Morgan fingerprint density at radius 3 is 2.30 bits per heavy atom. The first kappa shape index (κ1) is 20.5. The Morgan fingerprint density at radius 1 is 0.967 bits per heavy atom. The van der Waals surface area contributed by atoms with Crippen molar-refractivity contribution in [2.75, 3.05) is 17.7 Å². The zero-order valence-corrected chi connectivity index (χ0v) is 16.1. The molecule has 0 aliphatic rings. The number of nitro benzene ring substituents is 1. The van der Waals surface area contributed by atoms with Crippen LogP contribution in [0.1, 0.15) is 15.9 Å². The molecule has 0 spiro atoms. The minimum absolute atomic E-state index is 0.164.